The van der Waals surface area contributed by atoms with Gasteiger partial charge in [-0.2, -0.15) is 0 Å². The Morgan fingerprint density at radius 2 is 0.594 bits per heavy atom. The molecule has 0 amide bonds. The summed E-state index contributed by atoms with van der Waals surface area (Å²) < 4.78 is 0. The molecule has 0 unspecified atom stereocenters. The van der Waals surface area contributed by atoms with Crippen molar-refractivity contribution >= 4 is 34.1 Å². The van der Waals surface area contributed by atoms with E-state index >= 15 is 0 Å². The maximum atomic E-state index is 12.4. The van der Waals surface area contributed by atoms with Crippen LogP contribution in [-0.2, 0) is 23.9 Å². The maximum absolute atomic E-state index is 12.4. The quantitative estimate of drug-likeness (QED) is 0.121. The highest BCUT2D eigenvalue weighted by molar-refractivity contribution is 5.84. The van der Waals surface area contributed by atoms with E-state index in [1.165, 1.54) is 55.6 Å². The monoisotopic (exact) mass is 859 g/mol. The standard InChI is InChI=1S/C58H74N4O2/c1-37-19-38(2)24-49(23-37)61(50-25-39(3)20-40(4)26-50)53-33-47(57(9,10)11)31-45(55(53)63)35-59(15)17-18-60(16)36-46-32-48(58(12,13)14)34-54(56(46)64)62(51-27-41(5)21-42(6)28-51)52-29-43(7)22-44(8)30-52/h19-34,63-64H,17-18,35-36H2,1-16H3. The summed E-state index contributed by atoms with van der Waals surface area (Å²) in [7, 11) is 4.26. The predicted octanol–water partition coefficient (Wildman–Crippen LogP) is 14.7. The first-order chi connectivity index (χ1) is 29.9. The van der Waals surface area contributed by atoms with Crippen LogP contribution in [0, 0.1) is 55.4 Å². The molecule has 6 aromatic carbocycles. The molecule has 6 nitrogen and oxygen atoms in total. The molecule has 0 fully saturated rings. The van der Waals surface area contributed by atoms with Crippen LogP contribution >= 0.6 is 0 Å². The summed E-state index contributed by atoms with van der Waals surface area (Å²) >= 11 is 0. The molecule has 0 aromatic heterocycles. The average molecular weight is 859 g/mol. The molecule has 6 heteroatoms. The van der Waals surface area contributed by atoms with Gasteiger partial charge < -0.3 is 29.8 Å². The van der Waals surface area contributed by atoms with Gasteiger partial charge in [-0.25, -0.2) is 0 Å². The normalized spacial score (nSPS) is 12.1. The molecule has 2 N–H and O–H groups in total. The van der Waals surface area contributed by atoms with Crippen molar-refractivity contribution in [2.24, 2.45) is 0 Å². The number of likely N-dealkylation sites (N-methyl/N-ethyl adjacent to an activating group) is 2. The van der Waals surface area contributed by atoms with Crippen molar-refractivity contribution in [3.63, 3.8) is 0 Å². The van der Waals surface area contributed by atoms with Crippen LogP contribution in [0.15, 0.2) is 97.1 Å². The first-order valence-electron chi connectivity index (χ1n) is 22.9. The van der Waals surface area contributed by atoms with Gasteiger partial charge in [0.15, 0.2) is 0 Å². The molecule has 0 aliphatic rings. The Bertz CT molecular complexity index is 2280. The van der Waals surface area contributed by atoms with Gasteiger partial charge in [-0.05, 0) is 197 Å². The molecule has 0 saturated heterocycles. The third-order valence-corrected chi connectivity index (χ3v) is 12.2. The van der Waals surface area contributed by atoms with E-state index in [-0.39, 0.29) is 10.8 Å². The second-order valence-electron chi connectivity index (χ2n) is 21.0. The van der Waals surface area contributed by atoms with E-state index in [9.17, 15) is 10.2 Å². The van der Waals surface area contributed by atoms with Crippen LogP contribution in [0.25, 0.3) is 0 Å². The van der Waals surface area contributed by atoms with E-state index in [0.717, 1.165) is 58.3 Å². The molecular weight excluding hydrogens is 785 g/mol. The predicted molar refractivity (Wildman–Crippen MR) is 274 cm³/mol. The van der Waals surface area contributed by atoms with Crippen LogP contribution in [0.5, 0.6) is 11.5 Å². The first kappa shape index (κ1) is 47.9. The topological polar surface area (TPSA) is 53.4 Å². The zero-order valence-corrected chi connectivity index (χ0v) is 41.7. The average Bonchev–Trinajstić information content (AvgIpc) is 3.14. The van der Waals surface area contributed by atoms with Crippen molar-refractivity contribution in [1.29, 1.82) is 0 Å². The number of hydrogen-bond acceptors (Lipinski definition) is 6. The van der Waals surface area contributed by atoms with Crippen LogP contribution in [0.2, 0.25) is 0 Å². The zero-order valence-electron chi connectivity index (χ0n) is 41.7. The lowest BCUT2D eigenvalue weighted by Crippen LogP contribution is -2.30. The summed E-state index contributed by atoms with van der Waals surface area (Å²) in [5.74, 6) is 0.584. The zero-order chi connectivity index (χ0) is 47.0. The maximum Gasteiger partial charge on any atom is 0.144 e. The van der Waals surface area contributed by atoms with E-state index in [4.69, 9.17) is 0 Å². The van der Waals surface area contributed by atoms with Gasteiger partial charge in [0.05, 0.1) is 11.4 Å². The van der Waals surface area contributed by atoms with E-state index < -0.39 is 0 Å². The molecule has 0 radical (unpaired) electrons. The number of nitrogens with zero attached hydrogens (tertiary/aromatic N) is 4. The van der Waals surface area contributed by atoms with Crippen LogP contribution in [-0.4, -0.2) is 47.2 Å². The van der Waals surface area contributed by atoms with Gasteiger partial charge in [0.25, 0.3) is 0 Å². The molecule has 0 bridgehead atoms. The molecule has 0 aliphatic carbocycles. The Kier molecular flexibility index (Phi) is 14.1. The fourth-order valence-electron chi connectivity index (χ4n) is 9.06. The molecular formula is C58H74N4O2. The molecule has 0 saturated carbocycles. The highest BCUT2D eigenvalue weighted by atomic mass is 16.3. The number of aryl methyl sites for hydroxylation is 8. The molecule has 0 aliphatic heterocycles. The van der Waals surface area contributed by atoms with E-state index in [2.05, 4.69) is 228 Å². The van der Waals surface area contributed by atoms with Crippen LogP contribution in [0.4, 0.5) is 34.1 Å². The van der Waals surface area contributed by atoms with Crippen molar-refractivity contribution in [3.05, 3.63) is 164 Å². The minimum atomic E-state index is -0.152. The Balaban J connectivity index is 1.33. The summed E-state index contributed by atoms with van der Waals surface area (Å²) in [5.41, 5.74) is 18.9. The van der Waals surface area contributed by atoms with E-state index in [1.807, 2.05) is 0 Å². The van der Waals surface area contributed by atoms with Gasteiger partial charge >= 0.3 is 0 Å². The Hall–Kier alpha value is -5.56. The minimum Gasteiger partial charge on any atom is -0.505 e. The van der Waals surface area contributed by atoms with Crippen molar-refractivity contribution in [2.75, 3.05) is 37.0 Å². The SMILES string of the molecule is Cc1cc(C)cc(N(c2cc(C)cc(C)c2)c2cc(C(C)(C)C)cc(CN(C)CCN(C)Cc3cc(C(C)(C)C)cc(N(c4cc(C)cc(C)c4)c4cc(C)cc(C)c4)c3O)c2O)c1. The lowest BCUT2D eigenvalue weighted by molar-refractivity contribution is 0.243. The highest BCUT2D eigenvalue weighted by Crippen LogP contribution is 2.47. The summed E-state index contributed by atoms with van der Waals surface area (Å²) in [5, 5.41) is 24.8. The van der Waals surface area contributed by atoms with Crippen molar-refractivity contribution < 1.29 is 10.2 Å². The second kappa shape index (κ2) is 18.9. The first-order valence-corrected chi connectivity index (χ1v) is 22.9. The second-order valence-corrected chi connectivity index (χ2v) is 21.0. The number of hydrogen-bond donors (Lipinski definition) is 2. The molecule has 338 valence electrons. The van der Waals surface area contributed by atoms with Gasteiger partial charge in [-0.15, -0.1) is 0 Å². The van der Waals surface area contributed by atoms with Gasteiger partial charge in [0.1, 0.15) is 11.5 Å². The Morgan fingerprint density at radius 3 is 0.812 bits per heavy atom. The van der Waals surface area contributed by atoms with E-state index in [1.54, 1.807) is 0 Å². The molecule has 64 heavy (non-hydrogen) atoms. The summed E-state index contributed by atoms with van der Waals surface area (Å²) in [6.07, 6.45) is 0. The Morgan fingerprint density at radius 1 is 0.359 bits per heavy atom. The fraction of sp³-hybridized carbons (Fsp3) is 0.379. The summed E-state index contributed by atoms with van der Waals surface area (Å²) in [6.45, 7) is 33.1. The third-order valence-electron chi connectivity index (χ3n) is 12.2. The third kappa shape index (κ3) is 11.4. The van der Waals surface area contributed by atoms with Gasteiger partial charge in [-0.1, -0.05) is 77.9 Å². The number of anilines is 6. The lowest BCUT2D eigenvalue weighted by atomic mass is 9.85. The Labute approximate surface area is 385 Å². The van der Waals surface area contributed by atoms with Crippen molar-refractivity contribution in [1.82, 2.24) is 9.80 Å². The summed E-state index contributed by atoms with van der Waals surface area (Å²) in [4.78, 5) is 9.04. The largest absolute Gasteiger partial charge is 0.505 e. The molecule has 6 aromatic rings. The van der Waals surface area contributed by atoms with Crippen LogP contribution < -0.4 is 9.80 Å². The van der Waals surface area contributed by atoms with Crippen molar-refractivity contribution in [2.45, 2.75) is 121 Å². The summed E-state index contributed by atoms with van der Waals surface area (Å²) in [6, 6.07) is 35.2. The van der Waals surface area contributed by atoms with Gasteiger partial charge in [0.2, 0.25) is 0 Å². The van der Waals surface area contributed by atoms with Gasteiger partial charge in [0, 0.05) is 60.1 Å². The fourth-order valence-corrected chi connectivity index (χ4v) is 9.06. The highest BCUT2D eigenvalue weighted by Gasteiger charge is 2.27. The number of aromatic hydroxyl groups is 2. The lowest BCUT2D eigenvalue weighted by Gasteiger charge is -2.32. The molecule has 0 spiro atoms. The number of phenolic OH excluding ortho intramolecular Hbond substituents is 2. The number of phenols is 2. The van der Waals surface area contributed by atoms with E-state index in [0.29, 0.717) is 24.6 Å². The number of rotatable bonds is 13. The molecule has 0 atom stereocenters. The van der Waals surface area contributed by atoms with Crippen LogP contribution in [0.1, 0.15) is 108 Å². The minimum absolute atomic E-state index is 0.152. The van der Waals surface area contributed by atoms with Crippen molar-refractivity contribution in [3.8, 4) is 11.5 Å². The van der Waals surface area contributed by atoms with Gasteiger partial charge in [-0.3, -0.25) is 0 Å². The smallest absolute Gasteiger partial charge is 0.144 e. The number of benzene rings is 6. The molecule has 0 heterocycles. The van der Waals surface area contributed by atoms with Crippen LogP contribution in [0.3, 0.4) is 0 Å². The molecule has 6 rings (SSSR count).